The molecule has 7 nitrogen and oxygen atoms in total. The zero-order valence-corrected chi connectivity index (χ0v) is 12.7. The molecule has 0 atom stereocenters. The van der Waals surface area contributed by atoms with E-state index in [1.807, 2.05) is 16.8 Å². The molecule has 4 rings (SSSR count). The molecule has 0 bridgehead atoms. The first kappa shape index (κ1) is 13.8. The minimum absolute atomic E-state index is 0.310. The highest BCUT2D eigenvalue weighted by Crippen LogP contribution is 2.24. The van der Waals surface area contributed by atoms with Crippen LogP contribution in [0.15, 0.2) is 18.3 Å². The van der Waals surface area contributed by atoms with Crippen molar-refractivity contribution in [3.05, 3.63) is 18.3 Å². The normalized spacial score (nSPS) is 20.8. The van der Waals surface area contributed by atoms with Gasteiger partial charge in [0.05, 0.1) is 13.2 Å². The maximum Gasteiger partial charge on any atom is 0.245 e. The van der Waals surface area contributed by atoms with E-state index in [2.05, 4.69) is 21.0 Å². The molecule has 2 aliphatic rings. The summed E-state index contributed by atoms with van der Waals surface area (Å²) in [6.07, 6.45) is 3.99. The molecule has 0 spiro atoms. The Morgan fingerprint density at radius 2 is 1.86 bits per heavy atom. The molecule has 2 aromatic heterocycles. The molecule has 0 aromatic carbocycles. The quantitative estimate of drug-likeness (QED) is 0.871. The highest BCUT2D eigenvalue weighted by Gasteiger charge is 2.22. The Hall–Kier alpha value is -1.86. The van der Waals surface area contributed by atoms with E-state index < -0.39 is 0 Å². The van der Waals surface area contributed by atoms with E-state index in [1.165, 1.54) is 0 Å². The van der Waals surface area contributed by atoms with Crippen LogP contribution in [-0.2, 0) is 4.74 Å². The third-order valence-corrected chi connectivity index (χ3v) is 4.49. The smallest absolute Gasteiger partial charge is 0.245 e. The maximum absolute atomic E-state index is 6.00. The topological polar surface area (TPSA) is 71.9 Å². The molecular weight excluding hydrogens is 280 g/mol. The number of nitrogens with zero attached hydrogens (tertiary/aromatic N) is 5. The standard InChI is InChI=1S/C15H22N6O/c16-12-3-6-20(7-4-12)15-17-14(19-8-10-22-11-9-19)13-2-1-5-21(13)18-15/h1-2,5,12H,3-4,6-11,16H2. The molecule has 0 radical (unpaired) electrons. The Morgan fingerprint density at radius 1 is 1.09 bits per heavy atom. The van der Waals surface area contributed by atoms with Crippen molar-refractivity contribution in [1.82, 2.24) is 14.6 Å². The van der Waals surface area contributed by atoms with Gasteiger partial charge < -0.3 is 20.3 Å². The van der Waals surface area contributed by atoms with Crippen molar-refractivity contribution in [3.8, 4) is 0 Å². The number of piperidine rings is 1. The second-order valence-electron chi connectivity index (χ2n) is 6.00. The number of ether oxygens (including phenoxy) is 1. The molecule has 0 amide bonds. The molecule has 0 saturated carbocycles. The van der Waals surface area contributed by atoms with E-state index >= 15 is 0 Å². The van der Waals surface area contributed by atoms with Crippen molar-refractivity contribution in [3.63, 3.8) is 0 Å². The van der Waals surface area contributed by atoms with Crippen molar-refractivity contribution in [1.29, 1.82) is 0 Å². The van der Waals surface area contributed by atoms with Crippen molar-refractivity contribution in [2.75, 3.05) is 49.2 Å². The largest absolute Gasteiger partial charge is 0.378 e. The molecule has 2 aliphatic heterocycles. The summed E-state index contributed by atoms with van der Waals surface area (Å²) in [6, 6.07) is 4.40. The van der Waals surface area contributed by atoms with Crippen LogP contribution in [0.2, 0.25) is 0 Å². The minimum atomic E-state index is 0.310. The Kier molecular flexibility index (Phi) is 3.59. The van der Waals surface area contributed by atoms with Crippen LogP contribution >= 0.6 is 0 Å². The second kappa shape index (κ2) is 5.73. The van der Waals surface area contributed by atoms with Gasteiger partial charge in [-0.05, 0) is 25.0 Å². The summed E-state index contributed by atoms with van der Waals surface area (Å²) < 4.78 is 7.39. The Labute approximate surface area is 129 Å². The Morgan fingerprint density at radius 3 is 2.64 bits per heavy atom. The summed E-state index contributed by atoms with van der Waals surface area (Å²) in [5, 5.41) is 4.67. The van der Waals surface area contributed by atoms with Gasteiger partial charge in [-0.1, -0.05) is 0 Å². The molecule has 0 aliphatic carbocycles. The first-order valence-electron chi connectivity index (χ1n) is 8.00. The lowest BCUT2D eigenvalue weighted by atomic mass is 10.1. The van der Waals surface area contributed by atoms with Crippen molar-refractivity contribution >= 4 is 17.3 Å². The number of morpholine rings is 1. The van der Waals surface area contributed by atoms with Crippen LogP contribution in [0.25, 0.3) is 5.52 Å². The van der Waals surface area contributed by atoms with Crippen LogP contribution in [-0.4, -0.2) is 60.0 Å². The Balaban J connectivity index is 1.70. The predicted molar refractivity (Wildman–Crippen MR) is 85.4 cm³/mol. The van der Waals surface area contributed by atoms with Crippen molar-refractivity contribution in [2.24, 2.45) is 5.73 Å². The summed E-state index contributed by atoms with van der Waals surface area (Å²) in [4.78, 5) is 9.40. The van der Waals surface area contributed by atoms with Gasteiger partial charge in [0, 0.05) is 38.4 Å². The van der Waals surface area contributed by atoms with Gasteiger partial charge in [0.1, 0.15) is 5.52 Å². The zero-order chi connectivity index (χ0) is 14.9. The van der Waals surface area contributed by atoms with E-state index in [0.717, 1.165) is 69.5 Å². The van der Waals surface area contributed by atoms with Gasteiger partial charge in [0.2, 0.25) is 5.95 Å². The van der Waals surface area contributed by atoms with Gasteiger partial charge in [0.15, 0.2) is 5.82 Å². The van der Waals surface area contributed by atoms with Crippen molar-refractivity contribution < 1.29 is 4.74 Å². The minimum Gasteiger partial charge on any atom is -0.378 e. The fraction of sp³-hybridized carbons (Fsp3) is 0.600. The van der Waals surface area contributed by atoms with Gasteiger partial charge in [0.25, 0.3) is 0 Å². The van der Waals surface area contributed by atoms with E-state index in [0.29, 0.717) is 6.04 Å². The SMILES string of the molecule is NC1CCN(c2nc(N3CCOCC3)c3cccn3n2)CC1. The predicted octanol–water partition coefficient (Wildman–Crippen LogP) is 0.493. The lowest BCUT2D eigenvalue weighted by Gasteiger charge is -2.32. The van der Waals surface area contributed by atoms with Crippen LogP contribution in [0.3, 0.4) is 0 Å². The van der Waals surface area contributed by atoms with Gasteiger partial charge >= 0.3 is 0 Å². The fourth-order valence-electron chi connectivity index (χ4n) is 3.15. The number of rotatable bonds is 2. The number of hydrogen-bond donors (Lipinski definition) is 1. The summed E-state index contributed by atoms with van der Waals surface area (Å²) >= 11 is 0. The Bertz CT molecular complexity index is 643. The van der Waals surface area contributed by atoms with Crippen LogP contribution in [0, 0.1) is 0 Å². The fourth-order valence-corrected chi connectivity index (χ4v) is 3.15. The van der Waals surface area contributed by atoms with E-state index in [1.54, 1.807) is 0 Å². The number of fused-ring (bicyclic) bond motifs is 1. The molecule has 0 unspecified atom stereocenters. The molecule has 7 heteroatoms. The second-order valence-corrected chi connectivity index (χ2v) is 6.00. The number of nitrogens with two attached hydrogens (primary N) is 1. The van der Waals surface area contributed by atoms with Gasteiger partial charge in [-0.3, -0.25) is 0 Å². The van der Waals surface area contributed by atoms with E-state index in [9.17, 15) is 0 Å². The molecule has 2 N–H and O–H groups in total. The molecule has 2 aromatic rings. The number of anilines is 2. The monoisotopic (exact) mass is 302 g/mol. The van der Waals surface area contributed by atoms with Crippen molar-refractivity contribution in [2.45, 2.75) is 18.9 Å². The molecular formula is C15H22N6O. The van der Waals surface area contributed by atoms with Gasteiger partial charge in [-0.15, -0.1) is 5.10 Å². The van der Waals surface area contributed by atoms with Gasteiger partial charge in [-0.25, -0.2) is 4.52 Å². The molecule has 2 saturated heterocycles. The molecule has 118 valence electrons. The number of hydrogen-bond acceptors (Lipinski definition) is 6. The summed E-state index contributed by atoms with van der Waals surface area (Å²) in [5.74, 6) is 1.81. The highest BCUT2D eigenvalue weighted by atomic mass is 16.5. The maximum atomic E-state index is 6.00. The van der Waals surface area contributed by atoms with Crippen LogP contribution in [0.5, 0.6) is 0 Å². The third-order valence-electron chi connectivity index (χ3n) is 4.49. The first-order chi connectivity index (χ1) is 10.8. The summed E-state index contributed by atoms with van der Waals surface area (Å²) in [6.45, 7) is 5.12. The lowest BCUT2D eigenvalue weighted by Crippen LogP contribution is -2.41. The van der Waals surface area contributed by atoms with Crippen LogP contribution in [0.1, 0.15) is 12.8 Å². The molecule has 4 heterocycles. The summed E-state index contributed by atoms with van der Waals surface area (Å²) in [5.41, 5.74) is 7.06. The van der Waals surface area contributed by atoms with Gasteiger partial charge in [-0.2, -0.15) is 4.98 Å². The van der Waals surface area contributed by atoms with Crippen LogP contribution in [0.4, 0.5) is 11.8 Å². The highest BCUT2D eigenvalue weighted by molar-refractivity contribution is 5.70. The molecule has 22 heavy (non-hydrogen) atoms. The average Bonchev–Trinajstić information content (AvgIpc) is 3.04. The average molecular weight is 302 g/mol. The first-order valence-corrected chi connectivity index (χ1v) is 8.00. The number of aromatic nitrogens is 3. The zero-order valence-electron chi connectivity index (χ0n) is 12.7. The van der Waals surface area contributed by atoms with E-state index in [4.69, 9.17) is 15.5 Å². The molecule has 2 fully saturated rings. The third kappa shape index (κ3) is 2.50. The van der Waals surface area contributed by atoms with Crippen LogP contribution < -0.4 is 15.5 Å². The lowest BCUT2D eigenvalue weighted by molar-refractivity contribution is 0.122. The summed E-state index contributed by atoms with van der Waals surface area (Å²) in [7, 11) is 0. The van der Waals surface area contributed by atoms with E-state index in [-0.39, 0.29) is 0 Å².